The summed E-state index contributed by atoms with van der Waals surface area (Å²) >= 11 is 0. The highest BCUT2D eigenvalue weighted by Crippen LogP contribution is 2.58. The zero-order valence-electron chi connectivity index (χ0n) is 28.1. The maximum absolute atomic E-state index is 6.99. The van der Waals surface area contributed by atoms with Crippen molar-refractivity contribution in [2.45, 2.75) is 39.2 Å². The van der Waals surface area contributed by atoms with Gasteiger partial charge in [-0.3, -0.25) is 0 Å². The minimum Gasteiger partial charge on any atom is -0.385 e. The maximum atomic E-state index is 6.99. The summed E-state index contributed by atoms with van der Waals surface area (Å²) in [4.78, 5) is 0. The number of nitrogens with two attached hydrogens (primary N) is 1. The molecule has 11 rings (SSSR count). The summed E-state index contributed by atoms with van der Waals surface area (Å²) in [6.45, 7) is 7.56. The first-order valence-electron chi connectivity index (χ1n) is 17.9. The van der Waals surface area contributed by atoms with Gasteiger partial charge in [-0.15, -0.1) is 0 Å². The second-order valence-electron chi connectivity index (χ2n) is 14.6. The summed E-state index contributed by atoms with van der Waals surface area (Å²) in [5, 5.41) is 19.8. The van der Waals surface area contributed by atoms with Gasteiger partial charge in [0.2, 0.25) is 0 Å². The van der Waals surface area contributed by atoms with Crippen LogP contribution in [0, 0.1) is 0 Å². The van der Waals surface area contributed by atoms with Crippen LogP contribution < -0.4 is 11.1 Å². The summed E-state index contributed by atoms with van der Waals surface area (Å²) in [5.74, 6) is 0. The fraction of sp³-hybridized carbons (Fsp3) is 0.149. The normalized spacial score (nSPS) is 14.1. The van der Waals surface area contributed by atoms with Crippen molar-refractivity contribution < 1.29 is 0 Å². The number of benzene rings is 9. The van der Waals surface area contributed by atoms with Gasteiger partial charge in [0.25, 0.3) is 0 Å². The van der Waals surface area contributed by atoms with Gasteiger partial charge in [-0.1, -0.05) is 111 Å². The van der Waals surface area contributed by atoms with E-state index in [1.54, 1.807) is 0 Å². The number of rotatable bonds is 5. The Morgan fingerprint density at radius 3 is 1.49 bits per heavy atom. The molecule has 9 aromatic rings. The minimum atomic E-state index is -0.412. The molecule has 0 spiro atoms. The molecule has 0 saturated heterocycles. The fourth-order valence-corrected chi connectivity index (χ4v) is 9.58. The lowest BCUT2D eigenvalue weighted by Crippen LogP contribution is -2.32. The van der Waals surface area contributed by atoms with Crippen molar-refractivity contribution in [3.05, 3.63) is 115 Å². The van der Waals surface area contributed by atoms with E-state index < -0.39 is 5.54 Å². The van der Waals surface area contributed by atoms with Crippen molar-refractivity contribution in [1.29, 1.82) is 0 Å². The lowest BCUT2D eigenvalue weighted by molar-refractivity contribution is 0.481. The monoisotopic (exact) mass is 628 g/mol. The molecular weight excluding hydrogens is 593 g/mol. The largest absolute Gasteiger partial charge is 0.385 e. The predicted molar refractivity (Wildman–Crippen MR) is 212 cm³/mol. The topological polar surface area (TPSA) is 38.0 Å². The second kappa shape index (κ2) is 9.37. The van der Waals surface area contributed by atoms with Crippen LogP contribution in [0.5, 0.6) is 0 Å². The van der Waals surface area contributed by atoms with Gasteiger partial charge in [0, 0.05) is 23.2 Å². The van der Waals surface area contributed by atoms with E-state index in [4.69, 9.17) is 5.73 Å². The van der Waals surface area contributed by atoms with Crippen LogP contribution in [0.2, 0.25) is 0 Å². The molecule has 3 N–H and O–H groups in total. The molecule has 9 aromatic carbocycles. The van der Waals surface area contributed by atoms with Crippen molar-refractivity contribution in [3.8, 4) is 44.5 Å². The van der Waals surface area contributed by atoms with Crippen LogP contribution >= 0.6 is 0 Å². The summed E-state index contributed by atoms with van der Waals surface area (Å²) in [6, 6.07) is 41.8. The van der Waals surface area contributed by atoms with Crippen molar-refractivity contribution in [2.75, 3.05) is 11.9 Å². The molecule has 0 aliphatic heterocycles. The molecule has 0 aromatic heterocycles. The van der Waals surface area contributed by atoms with E-state index in [-0.39, 0.29) is 0 Å². The average Bonchev–Trinajstić information content (AvgIpc) is 3.65. The van der Waals surface area contributed by atoms with Gasteiger partial charge in [-0.25, -0.2) is 0 Å². The van der Waals surface area contributed by atoms with Gasteiger partial charge in [0.05, 0.1) is 0 Å². The number of nitrogens with one attached hydrogen (secondary N) is 1. The van der Waals surface area contributed by atoms with Crippen LogP contribution in [0.15, 0.2) is 109 Å². The average molecular weight is 629 g/mol. The number of fused-ring (bicyclic) bond motifs is 12. The Balaban J connectivity index is 1.24. The third kappa shape index (κ3) is 3.30. The third-order valence-electron chi connectivity index (χ3n) is 12.0. The number of hydrogen-bond acceptors (Lipinski definition) is 2. The van der Waals surface area contributed by atoms with Crippen LogP contribution in [0.3, 0.4) is 0 Å². The highest BCUT2D eigenvalue weighted by atomic mass is 14.9. The molecule has 2 heteroatoms. The summed E-state index contributed by atoms with van der Waals surface area (Å²) in [5.41, 5.74) is 19.8. The Labute approximate surface area is 285 Å². The molecule has 2 nitrogen and oxygen atoms in total. The molecule has 0 radical (unpaired) electrons. The highest BCUT2D eigenvalue weighted by molar-refractivity contribution is 6.41. The molecule has 2 aliphatic carbocycles. The van der Waals surface area contributed by atoms with Crippen LogP contribution in [0.4, 0.5) is 5.69 Å². The van der Waals surface area contributed by atoms with Crippen molar-refractivity contribution in [3.63, 3.8) is 0 Å². The summed E-state index contributed by atoms with van der Waals surface area (Å²) < 4.78 is 0. The van der Waals surface area contributed by atoms with E-state index in [1.807, 2.05) is 0 Å². The van der Waals surface area contributed by atoms with Gasteiger partial charge in [0.1, 0.15) is 0 Å². The molecule has 0 saturated carbocycles. The highest BCUT2D eigenvalue weighted by Gasteiger charge is 2.32. The first kappa shape index (κ1) is 27.5. The van der Waals surface area contributed by atoms with Gasteiger partial charge in [0.15, 0.2) is 0 Å². The van der Waals surface area contributed by atoms with E-state index in [9.17, 15) is 0 Å². The second-order valence-corrected chi connectivity index (χ2v) is 14.6. The van der Waals surface area contributed by atoms with Crippen molar-refractivity contribution in [2.24, 2.45) is 5.73 Å². The van der Waals surface area contributed by atoms with Crippen molar-refractivity contribution in [1.82, 2.24) is 0 Å². The lowest BCUT2D eigenvalue weighted by Gasteiger charge is -2.27. The SMILES string of the molecule is CCCNc1cc2c(c3ccccc13)-c1ccc3c4ccc5c6c(ccc(c7ccc-2c1c73)c64)-c1cc(C(C)(N)CC)c2ccccc2c1-5. The van der Waals surface area contributed by atoms with E-state index >= 15 is 0 Å². The van der Waals surface area contributed by atoms with Crippen LogP contribution in [0.25, 0.3) is 109 Å². The number of anilines is 1. The molecule has 1 unspecified atom stereocenters. The molecular formula is C47H36N2. The maximum Gasteiger partial charge on any atom is 0.0426 e. The fourth-order valence-electron chi connectivity index (χ4n) is 9.58. The molecule has 49 heavy (non-hydrogen) atoms. The first-order valence-corrected chi connectivity index (χ1v) is 17.9. The van der Waals surface area contributed by atoms with Gasteiger partial charge in [-0.2, -0.15) is 0 Å². The Bertz CT molecular complexity index is 2910. The summed E-state index contributed by atoms with van der Waals surface area (Å²) in [7, 11) is 0. The smallest absolute Gasteiger partial charge is 0.0426 e. The van der Waals surface area contributed by atoms with Gasteiger partial charge >= 0.3 is 0 Å². The minimum absolute atomic E-state index is 0.412. The lowest BCUT2D eigenvalue weighted by atomic mass is 9.83. The molecule has 234 valence electrons. The van der Waals surface area contributed by atoms with Gasteiger partial charge < -0.3 is 11.1 Å². The quantitative estimate of drug-likeness (QED) is 0.147. The molecule has 0 amide bonds. The Morgan fingerprint density at radius 1 is 0.490 bits per heavy atom. The Morgan fingerprint density at radius 2 is 0.959 bits per heavy atom. The number of hydrogen-bond donors (Lipinski definition) is 2. The molecule has 2 aliphatic rings. The van der Waals surface area contributed by atoms with Crippen LogP contribution in [0.1, 0.15) is 39.2 Å². The van der Waals surface area contributed by atoms with E-state index in [1.165, 1.54) is 120 Å². The van der Waals surface area contributed by atoms with Gasteiger partial charge in [-0.05, 0) is 141 Å². The molecule has 0 bridgehead atoms. The van der Waals surface area contributed by atoms with E-state index in [0.717, 1.165) is 19.4 Å². The van der Waals surface area contributed by atoms with Crippen molar-refractivity contribution >= 4 is 70.3 Å². The van der Waals surface area contributed by atoms with E-state index in [2.05, 4.69) is 135 Å². The first-order chi connectivity index (χ1) is 24.0. The molecule has 0 fully saturated rings. The zero-order chi connectivity index (χ0) is 32.8. The molecule has 1 atom stereocenters. The van der Waals surface area contributed by atoms with Crippen LogP contribution in [-0.2, 0) is 5.54 Å². The van der Waals surface area contributed by atoms with Crippen LogP contribution in [-0.4, -0.2) is 6.54 Å². The summed E-state index contributed by atoms with van der Waals surface area (Å²) in [6.07, 6.45) is 1.97. The standard InChI is InChI=1S/C47H36N2/c1-4-22-49-40-24-38-34-17-15-30-29-14-16-33-37-23-39(47(3,48)5-2)25-10-6-8-12-27(25)41(37)35-20-18-31(43(29)45(33)35)32-19-21-36(46(34)44(30)32)42(38)28-13-9-7-11-26(28)40/h6-21,23-24,49H,4-5,22,48H2,1-3H3. The van der Waals surface area contributed by atoms with E-state index in [0.29, 0.717) is 0 Å². The Kier molecular flexibility index (Phi) is 5.26. The zero-order valence-corrected chi connectivity index (χ0v) is 28.1. The predicted octanol–water partition coefficient (Wildman–Crippen LogP) is 12.7. The molecule has 0 heterocycles. The Hall–Kier alpha value is -5.44. The third-order valence-corrected chi connectivity index (χ3v) is 12.0.